The van der Waals surface area contributed by atoms with Crippen LogP contribution >= 0.6 is 0 Å². The molecule has 0 spiro atoms. The summed E-state index contributed by atoms with van der Waals surface area (Å²) in [6, 6.07) is 5.00. The quantitative estimate of drug-likeness (QED) is 0.642. The molecular weight excluding hydrogens is 228 g/mol. The molecule has 6 heteroatoms. The molecule has 0 aromatic heterocycles. The molecule has 2 nitrogen and oxygen atoms in total. The molecule has 90 valence electrons. The van der Waals surface area contributed by atoms with Gasteiger partial charge in [0.1, 0.15) is 0 Å². The summed E-state index contributed by atoms with van der Waals surface area (Å²) >= 11 is 0. The van der Waals surface area contributed by atoms with Crippen molar-refractivity contribution in [3.05, 3.63) is 24.3 Å². The topological polar surface area (TPSA) is 18.5 Å². The number of halogens is 4. The summed E-state index contributed by atoms with van der Waals surface area (Å²) in [5.74, 6) is -0.799. The Morgan fingerprint density at radius 2 is 1.12 bits per heavy atom. The van der Waals surface area contributed by atoms with Gasteiger partial charge in [-0.3, -0.25) is 0 Å². The lowest BCUT2D eigenvalue weighted by Crippen LogP contribution is -2.52. The zero-order valence-electron chi connectivity index (χ0n) is 8.64. The minimum absolute atomic E-state index is 0.400. The van der Waals surface area contributed by atoms with Gasteiger partial charge in [0.05, 0.1) is 0 Å². The van der Waals surface area contributed by atoms with Crippen LogP contribution in [0.25, 0.3) is 0 Å². The van der Waals surface area contributed by atoms with E-state index in [9.17, 15) is 17.6 Å². The Balaban J connectivity index is 0.000000606. The largest absolute Gasteiger partial charge is 0.507 e. The second-order valence-corrected chi connectivity index (χ2v) is 2.68. The lowest BCUT2D eigenvalue weighted by atomic mass is 10.3. The monoisotopic (exact) mass is 238 g/mol. The van der Waals surface area contributed by atoms with Gasteiger partial charge < -0.3 is 9.47 Å². The Labute approximate surface area is 89.8 Å². The SMILES string of the molecule is CC.FC1(F)Oc2ccccc2OC1(F)F. The number of fused-ring (bicyclic) bond motifs is 1. The lowest BCUT2D eigenvalue weighted by molar-refractivity contribution is -0.391. The first-order chi connectivity index (χ1) is 7.42. The standard InChI is InChI=1S/C8H4F4O2.C2H6/c9-7(10)8(11,12)14-6-4-2-1-3-5(6)13-7;1-2/h1-4H;1-2H3. The first-order valence-electron chi connectivity index (χ1n) is 4.65. The molecule has 0 saturated heterocycles. The minimum Gasteiger partial charge on any atom is -0.421 e. The average molecular weight is 238 g/mol. The third-order valence-electron chi connectivity index (χ3n) is 1.66. The van der Waals surface area contributed by atoms with Crippen LogP contribution in [-0.2, 0) is 0 Å². The van der Waals surface area contributed by atoms with Crippen LogP contribution in [0.3, 0.4) is 0 Å². The molecule has 0 radical (unpaired) electrons. The summed E-state index contributed by atoms with van der Waals surface area (Å²) in [6.45, 7) is 4.00. The number of ether oxygens (including phenoxy) is 2. The van der Waals surface area contributed by atoms with Crippen molar-refractivity contribution in [2.45, 2.75) is 26.1 Å². The maximum absolute atomic E-state index is 12.6. The van der Waals surface area contributed by atoms with E-state index in [1.54, 1.807) is 0 Å². The fraction of sp³-hybridized carbons (Fsp3) is 0.400. The Hall–Kier alpha value is -1.46. The molecule has 0 atom stereocenters. The molecule has 1 aromatic carbocycles. The number of hydrogen-bond donors (Lipinski definition) is 0. The van der Waals surface area contributed by atoms with E-state index in [4.69, 9.17) is 0 Å². The van der Waals surface area contributed by atoms with Crippen LogP contribution in [0.1, 0.15) is 13.8 Å². The summed E-state index contributed by atoms with van der Waals surface area (Å²) in [7, 11) is 0. The van der Waals surface area contributed by atoms with E-state index in [1.807, 2.05) is 13.8 Å². The van der Waals surface area contributed by atoms with Crippen molar-refractivity contribution in [3.63, 3.8) is 0 Å². The zero-order valence-corrected chi connectivity index (χ0v) is 8.64. The van der Waals surface area contributed by atoms with Crippen LogP contribution in [0.4, 0.5) is 17.6 Å². The first kappa shape index (κ1) is 12.6. The van der Waals surface area contributed by atoms with E-state index in [0.717, 1.165) is 12.1 Å². The number of alkyl halides is 4. The van der Waals surface area contributed by atoms with Crippen LogP contribution in [0.2, 0.25) is 0 Å². The summed E-state index contributed by atoms with van der Waals surface area (Å²) < 4.78 is 57.9. The third kappa shape index (κ3) is 2.05. The van der Waals surface area contributed by atoms with Crippen LogP contribution in [-0.4, -0.2) is 12.2 Å². The highest BCUT2D eigenvalue weighted by Crippen LogP contribution is 2.46. The van der Waals surface area contributed by atoms with Crippen molar-refractivity contribution in [2.75, 3.05) is 0 Å². The number of rotatable bonds is 0. The minimum atomic E-state index is -4.64. The van der Waals surface area contributed by atoms with Crippen LogP contribution < -0.4 is 9.47 Å². The maximum atomic E-state index is 12.6. The van der Waals surface area contributed by atoms with E-state index in [2.05, 4.69) is 9.47 Å². The molecule has 1 heterocycles. The van der Waals surface area contributed by atoms with Gasteiger partial charge in [0.25, 0.3) is 0 Å². The van der Waals surface area contributed by atoms with Crippen LogP contribution in [0.15, 0.2) is 24.3 Å². The van der Waals surface area contributed by atoms with E-state index in [-0.39, 0.29) is 0 Å². The molecule has 0 aliphatic carbocycles. The van der Waals surface area contributed by atoms with Crippen molar-refractivity contribution in [1.82, 2.24) is 0 Å². The molecule has 0 amide bonds. The van der Waals surface area contributed by atoms with Crippen molar-refractivity contribution in [2.24, 2.45) is 0 Å². The summed E-state index contributed by atoms with van der Waals surface area (Å²) in [6.07, 6.45) is -9.28. The normalized spacial score (nSPS) is 19.4. The van der Waals surface area contributed by atoms with Gasteiger partial charge in [-0.25, -0.2) is 0 Å². The molecule has 1 aromatic rings. The zero-order chi connectivity index (χ0) is 12.4. The molecule has 0 bridgehead atoms. The van der Waals surface area contributed by atoms with Gasteiger partial charge >= 0.3 is 12.2 Å². The number of para-hydroxylation sites is 2. The Bertz CT molecular complexity index is 331. The summed E-state index contributed by atoms with van der Waals surface area (Å²) in [5, 5.41) is 0. The molecule has 0 fully saturated rings. The Morgan fingerprint density at radius 3 is 1.44 bits per heavy atom. The Morgan fingerprint density at radius 1 is 0.812 bits per heavy atom. The van der Waals surface area contributed by atoms with Crippen molar-refractivity contribution < 1.29 is 27.0 Å². The fourth-order valence-electron chi connectivity index (χ4n) is 1.01. The molecule has 16 heavy (non-hydrogen) atoms. The van der Waals surface area contributed by atoms with Crippen molar-refractivity contribution in [3.8, 4) is 11.5 Å². The summed E-state index contributed by atoms with van der Waals surface area (Å²) in [4.78, 5) is 0. The van der Waals surface area contributed by atoms with Gasteiger partial charge in [0, 0.05) is 0 Å². The van der Waals surface area contributed by atoms with Crippen molar-refractivity contribution in [1.29, 1.82) is 0 Å². The van der Waals surface area contributed by atoms with Gasteiger partial charge in [-0.1, -0.05) is 26.0 Å². The number of hydrogen-bond acceptors (Lipinski definition) is 2. The van der Waals surface area contributed by atoms with Crippen LogP contribution in [0, 0.1) is 0 Å². The second-order valence-electron chi connectivity index (χ2n) is 2.68. The highest BCUT2D eigenvalue weighted by molar-refractivity contribution is 5.41. The number of benzene rings is 1. The first-order valence-corrected chi connectivity index (χ1v) is 4.65. The molecule has 0 saturated carbocycles. The van der Waals surface area contributed by atoms with Gasteiger partial charge in [-0.15, -0.1) is 0 Å². The highest BCUT2D eigenvalue weighted by Gasteiger charge is 2.65. The highest BCUT2D eigenvalue weighted by atomic mass is 19.3. The molecule has 0 N–H and O–H groups in total. The fourth-order valence-corrected chi connectivity index (χ4v) is 1.01. The van der Waals surface area contributed by atoms with Crippen molar-refractivity contribution >= 4 is 0 Å². The second kappa shape index (κ2) is 4.19. The predicted molar refractivity (Wildman–Crippen MR) is 48.9 cm³/mol. The molecular formula is C10H10F4O2. The van der Waals surface area contributed by atoms with E-state index < -0.39 is 23.7 Å². The van der Waals surface area contributed by atoms with Gasteiger partial charge in [-0.2, -0.15) is 17.6 Å². The molecule has 1 aliphatic heterocycles. The van der Waals surface area contributed by atoms with E-state index in [1.165, 1.54) is 12.1 Å². The van der Waals surface area contributed by atoms with Gasteiger partial charge in [0.15, 0.2) is 11.5 Å². The van der Waals surface area contributed by atoms with E-state index >= 15 is 0 Å². The average Bonchev–Trinajstić information content (AvgIpc) is 2.22. The molecule has 1 aliphatic rings. The predicted octanol–water partition coefficient (Wildman–Crippen LogP) is 3.67. The lowest BCUT2D eigenvalue weighted by Gasteiger charge is -2.31. The van der Waals surface area contributed by atoms with Crippen LogP contribution in [0.5, 0.6) is 11.5 Å². The molecule has 2 rings (SSSR count). The Kier molecular flexibility index (Phi) is 3.30. The smallest absolute Gasteiger partial charge is 0.421 e. The van der Waals surface area contributed by atoms with E-state index in [0.29, 0.717) is 0 Å². The van der Waals surface area contributed by atoms with Gasteiger partial charge in [0.2, 0.25) is 0 Å². The molecule has 0 unspecified atom stereocenters. The van der Waals surface area contributed by atoms with Gasteiger partial charge in [-0.05, 0) is 12.1 Å². The third-order valence-corrected chi connectivity index (χ3v) is 1.66. The maximum Gasteiger partial charge on any atom is 0.507 e. The summed E-state index contributed by atoms with van der Waals surface area (Å²) in [5.41, 5.74) is 0.